The zero-order valence-corrected chi connectivity index (χ0v) is 11.4. The largest absolute Gasteiger partial charge is 0.294 e. The smallest absolute Gasteiger partial charge is 0.170 e. The second kappa shape index (κ2) is 5.55. The van der Waals surface area contributed by atoms with Gasteiger partial charge in [0.15, 0.2) is 5.78 Å². The van der Waals surface area contributed by atoms with E-state index in [0.717, 1.165) is 5.56 Å². The van der Waals surface area contributed by atoms with Crippen molar-refractivity contribution in [3.63, 3.8) is 0 Å². The van der Waals surface area contributed by atoms with Crippen molar-refractivity contribution in [2.45, 2.75) is 13.3 Å². The molecule has 0 aliphatic rings. The van der Waals surface area contributed by atoms with Crippen LogP contribution in [-0.4, -0.2) is 5.78 Å². The van der Waals surface area contributed by atoms with Crippen LogP contribution in [0.1, 0.15) is 21.5 Å². The molecule has 18 heavy (non-hydrogen) atoms. The molecule has 0 radical (unpaired) electrons. The molecule has 0 amide bonds. The van der Waals surface area contributed by atoms with E-state index in [9.17, 15) is 4.79 Å². The van der Waals surface area contributed by atoms with Gasteiger partial charge in [-0.25, -0.2) is 0 Å². The molecule has 2 aromatic rings. The maximum atomic E-state index is 12.2. The number of hydrogen-bond acceptors (Lipinski definition) is 1. The highest BCUT2D eigenvalue weighted by atomic mass is 35.5. The molecule has 0 aliphatic carbocycles. The van der Waals surface area contributed by atoms with E-state index in [1.165, 1.54) is 5.56 Å². The molecule has 0 N–H and O–H groups in total. The number of halogens is 2. The average molecular weight is 279 g/mol. The molecule has 0 bridgehead atoms. The number of Topliss-reactive ketones (excluding diaryl/α,β-unsaturated/α-hetero) is 1. The number of rotatable bonds is 3. The Bertz CT molecular complexity index is 553. The van der Waals surface area contributed by atoms with Gasteiger partial charge in [-0.15, -0.1) is 0 Å². The molecule has 2 aromatic carbocycles. The lowest BCUT2D eigenvalue weighted by Crippen LogP contribution is -2.05. The molecule has 0 spiro atoms. The molecule has 1 nitrogen and oxygen atoms in total. The number of aryl methyl sites for hydroxylation is 1. The summed E-state index contributed by atoms with van der Waals surface area (Å²) in [5.41, 5.74) is 2.53. The Morgan fingerprint density at radius 2 is 1.56 bits per heavy atom. The first-order valence-electron chi connectivity index (χ1n) is 5.60. The number of carbonyl (C=O) groups excluding carboxylic acids is 1. The average Bonchev–Trinajstić information content (AvgIpc) is 2.32. The summed E-state index contributed by atoms with van der Waals surface area (Å²) >= 11 is 12.0. The molecule has 0 heterocycles. The van der Waals surface area contributed by atoms with Crippen molar-refractivity contribution >= 4 is 29.0 Å². The molecule has 2 rings (SSSR count). The Balaban J connectivity index is 2.25. The predicted molar refractivity (Wildman–Crippen MR) is 75.7 cm³/mol. The topological polar surface area (TPSA) is 17.1 Å². The molecule has 0 saturated carbocycles. The van der Waals surface area contributed by atoms with Crippen LogP contribution in [-0.2, 0) is 6.42 Å². The van der Waals surface area contributed by atoms with Crippen LogP contribution >= 0.6 is 23.2 Å². The van der Waals surface area contributed by atoms with Gasteiger partial charge in [-0.1, -0.05) is 59.1 Å². The van der Waals surface area contributed by atoms with Crippen molar-refractivity contribution in [2.24, 2.45) is 0 Å². The van der Waals surface area contributed by atoms with E-state index in [0.29, 0.717) is 22.0 Å². The fourth-order valence-corrected chi connectivity index (χ4v) is 2.35. The third kappa shape index (κ3) is 2.92. The molecule has 0 aromatic heterocycles. The van der Waals surface area contributed by atoms with Crippen molar-refractivity contribution in [1.29, 1.82) is 0 Å². The minimum atomic E-state index is -0.0607. The van der Waals surface area contributed by atoms with Crippen molar-refractivity contribution in [3.05, 3.63) is 69.2 Å². The van der Waals surface area contributed by atoms with Gasteiger partial charge >= 0.3 is 0 Å². The maximum Gasteiger partial charge on any atom is 0.170 e. The van der Waals surface area contributed by atoms with Crippen LogP contribution in [0.2, 0.25) is 10.0 Å². The standard InChI is InChI=1S/C15H12Cl2O/c1-10-5-7-11(8-6-10)9-14(18)15-12(16)3-2-4-13(15)17/h2-8H,9H2,1H3. The van der Waals surface area contributed by atoms with Crippen molar-refractivity contribution in [3.8, 4) is 0 Å². The molecule has 0 unspecified atom stereocenters. The summed E-state index contributed by atoms with van der Waals surface area (Å²) in [6, 6.07) is 12.9. The van der Waals surface area contributed by atoms with Crippen LogP contribution in [0.4, 0.5) is 0 Å². The molecular weight excluding hydrogens is 267 g/mol. The molecular formula is C15H12Cl2O. The number of ketones is 1. The number of benzene rings is 2. The van der Waals surface area contributed by atoms with Crippen LogP contribution in [0.3, 0.4) is 0 Å². The van der Waals surface area contributed by atoms with Crippen molar-refractivity contribution < 1.29 is 4.79 Å². The van der Waals surface area contributed by atoms with Gasteiger partial charge in [-0.2, -0.15) is 0 Å². The Labute approximate surface area is 116 Å². The first kappa shape index (κ1) is 13.1. The normalized spacial score (nSPS) is 10.4. The first-order valence-corrected chi connectivity index (χ1v) is 6.36. The summed E-state index contributed by atoms with van der Waals surface area (Å²) in [4.78, 5) is 12.2. The molecule has 0 atom stereocenters. The minimum absolute atomic E-state index is 0.0607. The zero-order chi connectivity index (χ0) is 13.1. The fraction of sp³-hybridized carbons (Fsp3) is 0.133. The van der Waals surface area contributed by atoms with Crippen LogP contribution in [0.15, 0.2) is 42.5 Å². The van der Waals surface area contributed by atoms with Gasteiger partial charge in [0.2, 0.25) is 0 Å². The Morgan fingerprint density at radius 3 is 2.11 bits per heavy atom. The van der Waals surface area contributed by atoms with E-state index in [-0.39, 0.29) is 5.78 Å². The molecule has 92 valence electrons. The van der Waals surface area contributed by atoms with Crippen molar-refractivity contribution in [1.82, 2.24) is 0 Å². The Kier molecular flexibility index (Phi) is 4.05. The Hall–Kier alpha value is -1.31. The highest BCUT2D eigenvalue weighted by Crippen LogP contribution is 2.25. The molecule has 0 fully saturated rings. The molecule has 0 aliphatic heterocycles. The van der Waals surface area contributed by atoms with E-state index in [4.69, 9.17) is 23.2 Å². The van der Waals surface area contributed by atoms with Gasteiger partial charge in [0, 0.05) is 6.42 Å². The summed E-state index contributed by atoms with van der Waals surface area (Å²) in [6.07, 6.45) is 0.309. The fourth-order valence-electron chi connectivity index (χ4n) is 1.74. The quantitative estimate of drug-likeness (QED) is 0.742. The number of carbonyl (C=O) groups is 1. The van der Waals surface area contributed by atoms with Gasteiger partial charge < -0.3 is 0 Å². The SMILES string of the molecule is Cc1ccc(CC(=O)c2c(Cl)cccc2Cl)cc1. The predicted octanol–water partition coefficient (Wildman–Crippen LogP) is 4.73. The van der Waals surface area contributed by atoms with E-state index < -0.39 is 0 Å². The monoisotopic (exact) mass is 278 g/mol. The summed E-state index contributed by atoms with van der Waals surface area (Å²) < 4.78 is 0. The van der Waals surface area contributed by atoms with E-state index in [1.807, 2.05) is 31.2 Å². The molecule has 0 saturated heterocycles. The van der Waals surface area contributed by atoms with Crippen LogP contribution < -0.4 is 0 Å². The zero-order valence-electron chi connectivity index (χ0n) is 9.91. The molecule has 3 heteroatoms. The van der Waals surface area contributed by atoms with Gasteiger partial charge in [-0.3, -0.25) is 4.79 Å². The lowest BCUT2D eigenvalue weighted by atomic mass is 10.0. The van der Waals surface area contributed by atoms with Crippen LogP contribution in [0, 0.1) is 6.92 Å². The summed E-state index contributed by atoms with van der Waals surface area (Å²) in [7, 11) is 0. The lowest BCUT2D eigenvalue weighted by molar-refractivity contribution is 0.0993. The second-order valence-corrected chi connectivity index (χ2v) is 5.00. The van der Waals surface area contributed by atoms with E-state index >= 15 is 0 Å². The third-order valence-corrected chi connectivity index (χ3v) is 3.36. The summed E-state index contributed by atoms with van der Waals surface area (Å²) in [5.74, 6) is -0.0607. The van der Waals surface area contributed by atoms with Crippen LogP contribution in [0.25, 0.3) is 0 Å². The van der Waals surface area contributed by atoms with E-state index in [2.05, 4.69) is 0 Å². The third-order valence-electron chi connectivity index (χ3n) is 2.73. The van der Waals surface area contributed by atoms with Gasteiger partial charge in [0.05, 0.1) is 15.6 Å². The van der Waals surface area contributed by atoms with Gasteiger partial charge in [-0.05, 0) is 24.6 Å². The maximum absolute atomic E-state index is 12.2. The number of hydrogen-bond donors (Lipinski definition) is 0. The van der Waals surface area contributed by atoms with E-state index in [1.54, 1.807) is 18.2 Å². The highest BCUT2D eigenvalue weighted by Gasteiger charge is 2.14. The summed E-state index contributed by atoms with van der Waals surface area (Å²) in [6.45, 7) is 2.01. The van der Waals surface area contributed by atoms with Crippen molar-refractivity contribution in [2.75, 3.05) is 0 Å². The highest BCUT2D eigenvalue weighted by molar-refractivity contribution is 6.39. The first-order chi connectivity index (χ1) is 8.58. The Morgan fingerprint density at radius 1 is 1.00 bits per heavy atom. The second-order valence-electron chi connectivity index (χ2n) is 4.18. The minimum Gasteiger partial charge on any atom is -0.294 e. The van der Waals surface area contributed by atoms with Gasteiger partial charge in [0.1, 0.15) is 0 Å². The summed E-state index contributed by atoms with van der Waals surface area (Å²) in [5, 5.41) is 0.805. The van der Waals surface area contributed by atoms with Gasteiger partial charge in [0.25, 0.3) is 0 Å². The van der Waals surface area contributed by atoms with Crippen LogP contribution in [0.5, 0.6) is 0 Å². The lowest BCUT2D eigenvalue weighted by Gasteiger charge is -2.06.